The Hall–Kier alpha value is -1.51. The number of ether oxygens (including phenoxy) is 2. The van der Waals surface area contributed by atoms with Gasteiger partial charge in [0.1, 0.15) is 5.75 Å². The summed E-state index contributed by atoms with van der Waals surface area (Å²) in [7, 11) is 1.66. The van der Waals surface area contributed by atoms with Gasteiger partial charge >= 0.3 is 0 Å². The van der Waals surface area contributed by atoms with Crippen molar-refractivity contribution in [1.82, 2.24) is 0 Å². The van der Waals surface area contributed by atoms with Crippen molar-refractivity contribution in [2.24, 2.45) is 0 Å². The Morgan fingerprint density at radius 3 is 2.75 bits per heavy atom. The first-order valence-corrected chi connectivity index (χ1v) is 5.59. The van der Waals surface area contributed by atoms with Gasteiger partial charge in [0.05, 0.1) is 19.1 Å². The third kappa shape index (κ3) is 1.77. The topological polar surface area (TPSA) is 42.3 Å². The molecule has 0 spiro atoms. The molecule has 0 heterocycles. The zero-order chi connectivity index (χ0) is 11.6. The molecule has 0 bridgehead atoms. The number of hydrogen-bond donors (Lipinski definition) is 1. The lowest BCUT2D eigenvalue weighted by Crippen LogP contribution is -2.22. The van der Waals surface area contributed by atoms with Crippen LogP contribution in [-0.2, 0) is 10.2 Å². The molecule has 2 rings (SSSR count). The zero-order valence-corrected chi connectivity index (χ0v) is 9.75. The largest absolute Gasteiger partial charge is 0.497 e. The maximum absolute atomic E-state index is 7.96. The van der Waals surface area contributed by atoms with Crippen LogP contribution in [0.15, 0.2) is 24.3 Å². The number of rotatable bonds is 4. The minimum absolute atomic E-state index is 0.176. The Bertz CT molecular complexity index is 397. The SMILES string of the molecule is CCOC(=N)C1(c2cccc(OC)c2)CC1. The molecule has 1 aliphatic carbocycles. The number of nitrogens with one attached hydrogen (secondary N) is 1. The van der Waals surface area contributed by atoms with E-state index in [4.69, 9.17) is 14.9 Å². The van der Waals surface area contributed by atoms with E-state index in [0.717, 1.165) is 24.2 Å². The normalized spacial score (nSPS) is 16.6. The highest BCUT2D eigenvalue weighted by Gasteiger charge is 2.50. The molecule has 1 aromatic rings. The van der Waals surface area contributed by atoms with Crippen LogP contribution in [0.5, 0.6) is 5.75 Å². The van der Waals surface area contributed by atoms with E-state index in [9.17, 15) is 0 Å². The highest BCUT2D eigenvalue weighted by molar-refractivity contribution is 5.89. The summed E-state index contributed by atoms with van der Waals surface area (Å²) in [6, 6.07) is 7.93. The van der Waals surface area contributed by atoms with E-state index in [1.807, 2.05) is 31.2 Å². The number of benzene rings is 1. The second kappa shape index (κ2) is 4.16. The lowest BCUT2D eigenvalue weighted by atomic mass is 9.95. The summed E-state index contributed by atoms with van der Waals surface area (Å²) in [6.45, 7) is 2.47. The fourth-order valence-corrected chi connectivity index (χ4v) is 1.98. The van der Waals surface area contributed by atoms with Crippen LogP contribution in [0.2, 0.25) is 0 Å². The van der Waals surface area contributed by atoms with E-state index in [-0.39, 0.29) is 5.41 Å². The average Bonchev–Trinajstić information content (AvgIpc) is 3.11. The molecule has 86 valence electrons. The van der Waals surface area contributed by atoms with Gasteiger partial charge in [-0.15, -0.1) is 0 Å². The predicted molar refractivity (Wildman–Crippen MR) is 63.3 cm³/mol. The predicted octanol–water partition coefficient (Wildman–Crippen LogP) is 2.74. The molecule has 1 aromatic carbocycles. The molecule has 1 aliphatic rings. The molecule has 0 radical (unpaired) electrons. The Morgan fingerprint density at radius 1 is 1.44 bits per heavy atom. The third-order valence-electron chi connectivity index (χ3n) is 3.10. The van der Waals surface area contributed by atoms with E-state index in [1.54, 1.807) is 7.11 Å². The van der Waals surface area contributed by atoms with Crippen molar-refractivity contribution >= 4 is 5.90 Å². The van der Waals surface area contributed by atoms with Crippen molar-refractivity contribution in [2.45, 2.75) is 25.2 Å². The zero-order valence-electron chi connectivity index (χ0n) is 9.75. The smallest absolute Gasteiger partial charge is 0.191 e. The molecule has 3 nitrogen and oxygen atoms in total. The lowest BCUT2D eigenvalue weighted by Gasteiger charge is -2.17. The van der Waals surface area contributed by atoms with Crippen LogP contribution in [0.25, 0.3) is 0 Å². The van der Waals surface area contributed by atoms with Gasteiger partial charge in [-0.25, -0.2) is 0 Å². The molecular formula is C13H17NO2. The first-order valence-electron chi connectivity index (χ1n) is 5.59. The van der Waals surface area contributed by atoms with Gasteiger partial charge < -0.3 is 9.47 Å². The molecule has 0 saturated heterocycles. The summed E-state index contributed by atoms with van der Waals surface area (Å²) in [5, 5.41) is 7.96. The van der Waals surface area contributed by atoms with Crippen LogP contribution in [-0.4, -0.2) is 19.6 Å². The first-order chi connectivity index (χ1) is 7.73. The number of hydrogen-bond acceptors (Lipinski definition) is 3. The van der Waals surface area contributed by atoms with Gasteiger partial charge in [-0.3, -0.25) is 5.41 Å². The fourth-order valence-electron chi connectivity index (χ4n) is 1.98. The minimum atomic E-state index is -0.176. The average molecular weight is 219 g/mol. The lowest BCUT2D eigenvalue weighted by molar-refractivity contribution is 0.305. The van der Waals surface area contributed by atoms with E-state index < -0.39 is 0 Å². The summed E-state index contributed by atoms with van der Waals surface area (Å²) in [6.07, 6.45) is 2.00. The molecule has 1 fully saturated rings. The highest BCUT2D eigenvalue weighted by Crippen LogP contribution is 2.49. The van der Waals surface area contributed by atoms with Crippen molar-refractivity contribution in [1.29, 1.82) is 5.41 Å². The van der Waals surface area contributed by atoms with Crippen molar-refractivity contribution in [3.63, 3.8) is 0 Å². The van der Waals surface area contributed by atoms with Crippen molar-refractivity contribution in [2.75, 3.05) is 13.7 Å². The summed E-state index contributed by atoms with van der Waals surface area (Å²) >= 11 is 0. The van der Waals surface area contributed by atoms with Gasteiger partial charge in [0.15, 0.2) is 5.90 Å². The standard InChI is InChI=1S/C13H17NO2/c1-3-16-12(14)13(7-8-13)10-5-4-6-11(9-10)15-2/h4-6,9,14H,3,7-8H2,1-2H3. The minimum Gasteiger partial charge on any atom is -0.497 e. The molecule has 0 atom stereocenters. The monoisotopic (exact) mass is 219 g/mol. The van der Waals surface area contributed by atoms with E-state index in [2.05, 4.69) is 0 Å². The van der Waals surface area contributed by atoms with Gasteiger partial charge in [-0.05, 0) is 37.5 Å². The van der Waals surface area contributed by atoms with Gasteiger partial charge in [0.2, 0.25) is 0 Å². The molecule has 1 saturated carbocycles. The van der Waals surface area contributed by atoms with Gasteiger partial charge in [0, 0.05) is 0 Å². The quantitative estimate of drug-likeness (QED) is 0.625. The van der Waals surface area contributed by atoms with Crippen LogP contribution in [0, 0.1) is 5.41 Å². The molecule has 0 unspecified atom stereocenters. The van der Waals surface area contributed by atoms with Gasteiger partial charge in [-0.2, -0.15) is 0 Å². The fraction of sp³-hybridized carbons (Fsp3) is 0.462. The Labute approximate surface area is 95.9 Å². The van der Waals surface area contributed by atoms with Crippen LogP contribution in [0.4, 0.5) is 0 Å². The van der Waals surface area contributed by atoms with Crippen LogP contribution in [0.1, 0.15) is 25.3 Å². The third-order valence-corrected chi connectivity index (χ3v) is 3.10. The van der Waals surface area contributed by atoms with Gasteiger partial charge in [-0.1, -0.05) is 12.1 Å². The molecule has 16 heavy (non-hydrogen) atoms. The Kier molecular flexibility index (Phi) is 2.86. The first kappa shape index (κ1) is 11.0. The van der Waals surface area contributed by atoms with Gasteiger partial charge in [0.25, 0.3) is 0 Å². The van der Waals surface area contributed by atoms with Crippen LogP contribution < -0.4 is 4.74 Å². The van der Waals surface area contributed by atoms with E-state index in [1.165, 1.54) is 0 Å². The Balaban J connectivity index is 2.25. The molecule has 3 heteroatoms. The van der Waals surface area contributed by atoms with Crippen LogP contribution in [0.3, 0.4) is 0 Å². The Morgan fingerprint density at radius 2 is 2.19 bits per heavy atom. The van der Waals surface area contributed by atoms with Crippen molar-refractivity contribution < 1.29 is 9.47 Å². The van der Waals surface area contributed by atoms with E-state index in [0.29, 0.717) is 12.5 Å². The molecule has 0 aliphatic heterocycles. The molecular weight excluding hydrogens is 202 g/mol. The second-order valence-electron chi connectivity index (χ2n) is 4.08. The van der Waals surface area contributed by atoms with Crippen LogP contribution >= 0.6 is 0 Å². The maximum Gasteiger partial charge on any atom is 0.191 e. The summed E-state index contributed by atoms with van der Waals surface area (Å²) in [5.41, 5.74) is 0.954. The maximum atomic E-state index is 7.96. The summed E-state index contributed by atoms with van der Waals surface area (Å²) < 4.78 is 10.5. The summed E-state index contributed by atoms with van der Waals surface area (Å²) in [4.78, 5) is 0. The molecule has 0 amide bonds. The molecule has 1 N–H and O–H groups in total. The van der Waals surface area contributed by atoms with Crippen molar-refractivity contribution in [3.05, 3.63) is 29.8 Å². The highest BCUT2D eigenvalue weighted by atomic mass is 16.5. The van der Waals surface area contributed by atoms with Crippen molar-refractivity contribution in [3.8, 4) is 5.75 Å². The van der Waals surface area contributed by atoms with E-state index >= 15 is 0 Å². The second-order valence-corrected chi connectivity index (χ2v) is 4.08. The number of methoxy groups -OCH3 is 1. The molecule has 0 aromatic heterocycles. The summed E-state index contributed by atoms with van der Waals surface area (Å²) in [5.74, 6) is 1.23.